The number of carbonyl (C=O) groups is 1. The first-order valence-corrected chi connectivity index (χ1v) is 6.13. The van der Waals surface area contributed by atoms with Gasteiger partial charge in [-0.25, -0.2) is 0 Å². The summed E-state index contributed by atoms with van der Waals surface area (Å²) < 4.78 is 5.20. The predicted molar refractivity (Wildman–Crippen MR) is 74.1 cm³/mol. The molecule has 19 heavy (non-hydrogen) atoms. The number of carbonyl (C=O) groups excluding carboxylic acids is 1. The van der Waals surface area contributed by atoms with Gasteiger partial charge >= 0.3 is 0 Å². The van der Waals surface area contributed by atoms with E-state index in [0.29, 0.717) is 17.0 Å². The largest absolute Gasteiger partial charge is 0.495 e. The standard InChI is InChI=1S/C14H19N3O2/c1-9(2)16-14(18)10(3)17-12-6-5-11(8-15)7-13(12)19-4/h5-7,9-10,17H,1-4H3,(H,16,18). The van der Waals surface area contributed by atoms with Crippen molar-refractivity contribution in [3.63, 3.8) is 0 Å². The molecule has 0 saturated heterocycles. The number of anilines is 1. The van der Waals surface area contributed by atoms with Gasteiger partial charge in [0.2, 0.25) is 5.91 Å². The maximum atomic E-state index is 11.8. The van der Waals surface area contributed by atoms with Crippen LogP contribution in [0.5, 0.6) is 5.75 Å². The van der Waals surface area contributed by atoms with Crippen LogP contribution in [-0.2, 0) is 4.79 Å². The molecule has 1 aromatic rings. The van der Waals surface area contributed by atoms with Crippen LogP contribution < -0.4 is 15.4 Å². The Hall–Kier alpha value is -2.22. The molecule has 1 amide bonds. The van der Waals surface area contributed by atoms with Crippen LogP contribution >= 0.6 is 0 Å². The third-order valence-corrected chi connectivity index (χ3v) is 2.53. The summed E-state index contributed by atoms with van der Waals surface area (Å²) in [5, 5.41) is 14.7. The average molecular weight is 261 g/mol. The Bertz CT molecular complexity index is 492. The highest BCUT2D eigenvalue weighted by atomic mass is 16.5. The molecule has 0 spiro atoms. The Morgan fingerprint density at radius 2 is 2.05 bits per heavy atom. The van der Waals surface area contributed by atoms with Crippen LogP contribution in [0.2, 0.25) is 0 Å². The molecule has 1 rings (SSSR count). The van der Waals surface area contributed by atoms with Crippen LogP contribution in [0.4, 0.5) is 5.69 Å². The summed E-state index contributed by atoms with van der Waals surface area (Å²) in [6.45, 7) is 5.59. The summed E-state index contributed by atoms with van der Waals surface area (Å²) >= 11 is 0. The van der Waals surface area contributed by atoms with E-state index in [4.69, 9.17) is 10.00 Å². The number of nitriles is 1. The third kappa shape index (κ3) is 4.18. The number of methoxy groups -OCH3 is 1. The fraction of sp³-hybridized carbons (Fsp3) is 0.429. The van der Waals surface area contributed by atoms with E-state index in [-0.39, 0.29) is 18.0 Å². The lowest BCUT2D eigenvalue weighted by molar-refractivity contribution is -0.122. The SMILES string of the molecule is COc1cc(C#N)ccc1NC(C)C(=O)NC(C)C. The number of nitrogens with zero attached hydrogens (tertiary/aromatic N) is 1. The van der Waals surface area contributed by atoms with E-state index < -0.39 is 0 Å². The third-order valence-electron chi connectivity index (χ3n) is 2.53. The molecule has 0 heterocycles. The minimum absolute atomic E-state index is 0.0820. The highest BCUT2D eigenvalue weighted by Gasteiger charge is 2.15. The van der Waals surface area contributed by atoms with E-state index in [1.807, 2.05) is 19.9 Å². The number of hydrogen-bond acceptors (Lipinski definition) is 4. The van der Waals surface area contributed by atoms with Crippen LogP contribution in [0.15, 0.2) is 18.2 Å². The maximum Gasteiger partial charge on any atom is 0.242 e. The summed E-state index contributed by atoms with van der Waals surface area (Å²) in [6, 6.07) is 6.80. The van der Waals surface area contributed by atoms with Crippen LogP contribution in [-0.4, -0.2) is 25.1 Å². The second-order valence-electron chi connectivity index (χ2n) is 4.56. The molecule has 2 N–H and O–H groups in total. The van der Waals surface area contributed by atoms with Gasteiger partial charge in [0.15, 0.2) is 0 Å². The summed E-state index contributed by atoms with van der Waals surface area (Å²) in [5.41, 5.74) is 1.20. The molecule has 5 nitrogen and oxygen atoms in total. The maximum absolute atomic E-state index is 11.8. The van der Waals surface area contributed by atoms with E-state index in [1.165, 1.54) is 7.11 Å². The molecule has 0 saturated carbocycles. The lowest BCUT2D eigenvalue weighted by Crippen LogP contribution is -2.41. The first kappa shape index (κ1) is 14.8. The molecule has 0 aliphatic rings. The number of hydrogen-bond donors (Lipinski definition) is 2. The summed E-state index contributed by atoms with van der Waals surface area (Å²) in [4.78, 5) is 11.8. The number of benzene rings is 1. The Balaban J connectivity index is 2.82. The smallest absolute Gasteiger partial charge is 0.242 e. The van der Waals surface area contributed by atoms with Crippen LogP contribution in [0.3, 0.4) is 0 Å². The van der Waals surface area contributed by atoms with Crippen molar-refractivity contribution < 1.29 is 9.53 Å². The first-order chi connectivity index (χ1) is 8.97. The zero-order valence-corrected chi connectivity index (χ0v) is 11.7. The van der Waals surface area contributed by atoms with Crippen LogP contribution in [0.1, 0.15) is 26.3 Å². The molecule has 0 aliphatic carbocycles. The van der Waals surface area contributed by atoms with Gasteiger partial charge < -0.3 is 15.4 Å². The molecule has 102 valence electrons. The quantitative estimate of drug-likeness (QED) is 0.849. The molecule has 0 aliphatic heterocycles. The van der Waals surface area contributed by atoms with Crippen LogP contribution in [0, 0.1) is 11.3 Å². The number of nitrogens with one attached hydrogen (secondary N) is 2. The van der Waals surface area contributed by atoms with Crippen molar-refractivity contribution in [1.82, 2.24) is 5.32 Å². The second-order valence-corrected chi connectivity index (χ2v) is 4.56. The van der Waals surface area contributed by atoms with Crippen molar-refractivity contribution in [3.8, 4) is 11.8 Å². The highest BCUT2D eigenvalue weighted by molar-refractivity contribution is 5.85. The summed E-state index contributed by atoms with van der Waals surface area (Å²) in [6.07, 6.45) is 0. The zero-order chi connectivity index (χ0) is 14.4. The van der Waals surface area contributed by atoms with E-state index in [1.54, 1.807) is 25.1 Å². The van der Waals surface area contributed by atoms with Crippen molar-refractivity contribution in [1.29, 1.82) is 5.26 Å². The number of ether oxygens (including phenoxy) is 1. The minimum Gasteiger partial charge on any atom is -0.495 e. The monoisotopic (exact) mass is 261 g/mol. The molecule has 1 atom stereocenters. The summed E-state index contributed by atoms with van der Waals surface area (Å²) in [5.74, 6) is 0.463. The second kappa shape index (κ2) is 6.64. The van der Waals surface area contributed by atoms with Crippen molar-refractivity contribution in [2.75, 3.05) is 12.4 Å². The van der Waals surface area contributed by atoms with Crippen LogP contribution in [0.25, 0.3) is 0 Å². The molecule has 1 aromatic carbocycles. The highest BCUT2D eigenvalue weighted by Crippen LogP contribution is 2.25. The Kier molecular flexibility index (Phi) is 5.19. The van der Waals surface area contributed by atoms with Gasteiger partial charge in [-0.1, -0.05) is 0 Å². The Labute approximate surface area is 113 Å². The Morgan fingerprint density at radius 3 is 2.58 bits per heavy atom. The number of amides is 1. The van der Waals surface area contributed by atoms with Crippen molar-refractivity contribution in [2.24, 2.45) is 0 Å². The van der Waals surface area contributed by atoms with Gasteiger partial charge in [0.1, 0.15) is 11.8 Å². The molecule has 0 radical (unpaired) electrons. The summed E-state index contributed by atoms with van der Waals surface area (Å²) in [7, 11) is 1.53. The predicted octanol–water partition coefficient (Wildman–Crippen LogP) is 1.89. The normalized spacial score (nSPS) is 11.6. The fourth-order valence-corrected chi connectivity index (χ4v) is 1.59. The van der Waals surface area contributed by atoms with Gasteiger partial charge in [-0.15, -0.1) is 0 Å². The molecule has 5 heteroatoms. The first-order valence-electron chi connectivity index (χ1n) is 6.13. The molecule has 0 aromatic heterocycles. The Morgan fingerprint density at radius 1 is 1.37 bits per heavy atom. The molecular weight excluding hydrogens is 242 g/mol. The minimum atomic E-state index is -0.385. The lowest BCUT2D eigenvalue weighted by Gasteiger charge is -2.18. The molecule has 0 bridgehead atoms. The van der Waals surface area contributed by atoms with Gasteiger partial charge in [-0.05, 0) is 32.9 Å². The molecule has 0 fully saturated rings. The van der Waals surface area contributed by atoms with Gasteiger partial charge in [0.25, 0.3) is 0 Å². The van der Waals surface area contributed by atoms with Gasteiger partial charge in [0, 0.05) is 12.1 Å². The number of rotatable bonds is 5. The van der Waals surface area contributed by atoms with Gasteiger partial charge in [-0.2, -0.15) is 5.26 Å². The lowest BCUT2D eigenvalue weighted by atomic mass is 10.2. The van der Waals surface area contributed by atoms with Crippen molar-refractivity contribution in [2.45, 2.75) is 32.9 Å². The van der Waals surface area contributed by atoms with E-state index in [0.717, 1.165) is 0 Å². The van der Waals surface area contributed by atoms with Gasteiger partial charge in [-0.3, -0.25) is 4.79 Å². The fourth-order valence-electron chi connectivity index (χ4n) is 1.59. The van der Waals surface area contributed by atoms with E-state index in [2.05, 4.69) is 10.6 Å². The topological polar surface area (TPSA) is 74.1 Å². The van der Waals surface area contributed by atoms with Crippen molar-refractivity contribution >= 4 is 11.6 Å². The van der Waals surface area contributed by atoms with Gasteiger partial charge in [0.05, 0.1) is 24.4 Å². The van der Waals surface area contributed by atoms with E-state index in [9.17, 15) is 4.79 Å². The molecule has 1 unspecified atom stereocenters. The zero-order valence-electron chi connectivity index (χ0n) is 11.7. The average Bonchev–Trinajstić information content (AvgIpc) is 2.38. The van der Waals surface area contributed by atoms with Crippen molar-refractivity contribution in [3.05, 3.63) is 23.8 Å². The van der Waals surface area contributed by atoms with E-state index >= 15 is 0 Å². The molecular formula is C14H19N3O2.